The van der Waals surface area contributed by atoms with E-state index in [1.165, 1.54) is 5.69 Å². The fourth-order valence-corrected chi connectivity index (χ4v) is 3.64. The van der Waals surface area contributed by atoms with Crippen LogP contribution in [-0.4, -0.2) is 48.2 Å². The van der Waals surface area contributed by atoms with E-state index in [9.17, 15) is 9.90 Å². The number of anilines is 1. The van der Waals surface area contributed by atoms with Gasteiger partial charge in [-0.05, 0) is 36.2 Å². The molecule has 126 valence electrons. The molecule has 2 aromatic carbocycles. The van der Waals surface area contributed by atoms with Crippen molar-refractivity contribution in [3.63, 3.8) is 0 Å². The van der Waals surface area contributed by atoms with Gasteiger partial charge in [0.25, 0.3) is 0 Å². The summed E-state index contributed by atoms with van der Waals surface area (Å²) in [6.07, 6.45) is 0.528. The number of hydrogen-bond acceptors (Lipinski definition) is 3. The zero-order valence-corrected chi connectivity index (χ0v) is 15.0. The minimum Gasteiger partial charge on any atom is -0.480 e. The van der Waals surface area contributed by atoms with Crippen LogP contribution in [0.15, 0.2) is 59.1 Å². The number of halogens is 1. The van der Waals surface area contributed by atoms with E-state index in [0.717, 1.165) is 36.2 Å². The summed E-state index contributed by atoms with van der Waals surface area (Å²) >= 11 is 3.45. The fourth-order valence-electron chi connectivity index (χ4n) is 3.19. The van der Waals surface area contributed by atoms with E-state index in [1.807, 2.05) is 42.5 Å². The molecule has 1 saturated heterocycles. The SMILES string of the molecule is O=C(O)[C@H](Cc1cccc(Br)c1)N1CCN(c2ccccc2)CC1. The first-order valence-corrected chi connectivity index (χ1v) is 8.94. The van der Waals surface area contributed by atoms with Crippen molar-refractivity contribution in [3.05, 3.63) is 64.6 Å². The van der Waals surface area contributed by atoms with E-state index in [1.54, 1.807) is 0 Å². The molecule has 1 N–H and O–H groups in total. The van der Waals surface area contributed by atoms with Crippen molar-refractivity contribution in [1.29, 1.82) is 0 Å². The number of nitrogens with zero attached hydrogens (tertiary/aromatic N) is 2. The van der Waals surface area contributed by atoms with Gasteiger partial charge in [-0.3, -0.25) is 9.69 Å². The van der Waals surface area contributed by atoms with E-state index in [-0.39, 0.29) is 0 Å². The molecular weight excluding hydrogens is 368 g/mol. The summed E-state index contributed by atoms with van der Waals surface area (Å²) in [4.78, 5) is 16.2. The molecule has 24 heavy (non-hydrogen) atoms. The highest BCUT2D eigenvalue weighted by Gasteiger charge is 2.29. The van der Waals surface area contributed by atoms with Crippen LogP contribution in [0.25, 0.3) is 0 Å². The lowest BCUT2D eigenvalue weighted by Crippen LogP contribution is -2.53. The van der Waals surface area contributed by atoms with Gasteiger partial charge in [-0.15, -0.1) is 0 Å². The Morgan fingerprint density at radius 1 is 1.04 bits per heavy atom. The van der Waals surface area contributed by atoms with Gasteiger partial charge in [-0.25, -0.2) is 0 Å². The van der Waals surface area contributed by atoms with Crippen molar-refractivity contribution in [2.24, 2.45) is 0 Å². The standard InChI is InChI=1S/C19H21BrN2O2/c20-16-6-4-5-15(13-16)14-18(19(23)24)22-11-9-21(10-12-22)17-7-2-1-3-8-17/h1-8,13,18H,9-12,14H2,(H,23,24)/t18-/m0/s1. The minimum absolute atomic E-state index is 0.475. The van der Waals surface area contributed by atoms with Crippen LogP contribution in [0.4, 0.5) is 5.69 Å². The van der Waals surface area contributed by atoms with Gasteiger partial charge >= 0.3 is 5.97 Å². The molecule has 0 saturated carbocycles. The third-order valence-corrected chi connectivity index (χ3v) is 4.97. The molecule has 0 unspecified atom stereocenters. The van der Waals surface area contributed by atoms with Crippen LogP contribution in [0, 0.1) is 0 Å². The van der Waals surface area contributed by atoms with Gasteiger partial charge < -0.3 is 10.0 Å². The smallest absolute Gasteiger partial charge is 0.321 e. The highest BCUT2D eigenvalue weighted by Crippen LogP contribution is 2.19. The molecule has 0 bridgehead atoms. The summed E-state index contributed by atoms with van der Waals surface area (Å²) in [5, 5.41) is 9.67. The summed E-state index contributed by atoms with van der Waals surface area (Å²) in [6, 6.07) is 17.7. The zero-order chi connectivity index (χ0) is 16.9. The number of benzene rings is 2. The molecule has 1 fully saturated rings. The van der Waals surface area contributed by atoms with Crippen LogP contribution in [0.1, 0.15) is 5.56 Å². The zero-order valence-electron chi connectivity index (χ0n) is 13.4. The topological polar surface area (TPSA) is 43.8 Å². The van der Waals surface area contributed by atoms with E-state index in [2.05, 4.69) is 37.9 Å². The number of piperazine rings is 1. The molecule has 0 radical (unpaired) electrons. The minimum atomic E-state index is -0.747. The lowest BCUT2D eigenvalue weighted by atomic mass is 10.0. The molecule has 1 atom stereocenters. The van der Waals surface area contributed by atoms with E-state index in [4.69, 9.17) is 0 Å². The second-order valence-electron chi connectivity index (χ2n) is 6.05. The number of carboxylic acids is 1. The molecule has 4 nitrogen and oxygen atoms in total. The Bertz CT molecular complexity index is 685. The van der Waals surface area contributed by atoms with Crippen LogP contribution >= 0.6 is 15.9 Å². The highest BCUT2D eigenvalue weighted by molar-refractivity contribution is 9.10. The van der Waals surface area contributed by atoms with Gasteiger partial charge in [0.15, 0.2) is 0 Å². The van der Waals surface area contributed by atoms with E-state index in [0.29, 0.717) is 6.42 Å². The molecule has 3 rings (SSSR count). The first kappa shape index (κ1) is 17.0. The Balaban J connectivity index is 1.65. The highest BCUT2D eigenvalue weighted by atomic mass is 79.9. The average molecular weight is 389 g/mol. The fraction of sp³-hybridized carbons (Fsp3) is 0.316. The van der Waals surface area contributed by atoms with Crippen molar-refractivity contribution in [1.82, 2.24) is 4.90 Å². The molecule has 5 heteroatoms. The van der Waals surface area contributed by atoms with Crippen LogP contribution in [0.3, 0.4) is 0 Å². The molecule has 0 aromatic heterocycles. The lowest BCUT2D eigenvalue weighted by Gasteiger charge is -2.38. The maximum atomic E-state index is 11.8. The van der Waals surface area contributed by atoms with E-state index < -0.39 is 12.0 Å². The quantitative estimate of drug-likeness (QED) is 0.853. The average Bonchev–Trinajstić information content (AvgIpc) is 2.60. The third-order valence-electron chi connectivity index (χ3n) is 4.48. The first-order valence-electron chi connectivity index (χ1n) is 8.15. The van der Waals surface area contributed by atoms with Crippen LogP contribution in [0.2, 0.25) is 0 Å². The van der Waals surface area contributed by atoms with Gasteiger partial charge in [0.2, 0.25) is 0 Å². The maximum Gasteiger partial charge on any atom is 0.321 e. The maximum absolute atomic E-state index is 11.8. The van der Waals surface area contributed by atoms with Crippen molar-refractivity contribution in [2.45, 2.75) is 12.5 Å². The number of para-hydroxylation sites is 1. The van der Waals surface area contributed by atoms with Gasteiger partial charge in [-0.2, -0.15) is 0 Å². The van der Waals surface area contributed by atoms with Gasteiger partial charge in [0, 0.05) is 36.3 Å². The first-order chi connectivity index (χ1) is 11.6. The number of aliphatic carboxylic acids is 1. The molecular formula is C19H21BrN2O2. The monoisotopic (exact) mass is 388 g/mol. The molecule has 1 aliphatic heterocycles. The molecule has 1 heterocycles. The Hall–Kier alpha value is -1.85. The van der Waals surface area contributed by atoms with Crippen molar-refractivity contribution in [2.75, 3.05) is 31.1 Å². The Kier molecular flexibility index (Phi) is 5.53. The second-order valence-corrected chi connectivity index (χ2v) is 6.96. The lowest BCUT2D eigenvalue weighted by molar-refractivity contribution is -0.143. The normalized spacial score (nSPS) is 16.8. The van der Waals surface area contributed by atoms with Gasteiger partial charge in [-0.1, -0.05) is 46.3 Å². The van der Waals surface area contributed by atoms with E-state index >= 15 is 0 Å². The number of hydrogen-bond donors (Lipinski definition) is 1. The molecule has 0 amide bonds. The van der Waals surface area contributed by atoms with Gasteiger partial charge in [0.05, 0.1) is 0 Å². The molecule has 1 aliphatic rings. The molecule has 0 spiro atoms. The Morgan fingerprint density at radius 3 is 2.38 bits per heavy atom. The number of rotatable bonds is 5. The summed E-state index contributed by atoms with van der Waals surface area (Å²) < 4.78 is 0.984. The molecule has 0 aliphatic carbocycles. The Labute approximate surface area is 150 Å². The van der Waals surface area contributed by atoms with Crippen LogP contribution < -0.4 is 4.90 Å². The summed E-state index contributed by atoms with van der Waals surface area (Å²) in [7, 11) is 0. The predicted octanol–water partition coefficient (Wildman–Crippen LogP) is 3.27. The number of carboxylic acid groups (broad SMARTS) is 1. The second kappa shape index (κ2) is 7.81. The summed E-state index contributed by atoms with van der Waals surface area (Å²) in [5.74, 6) is -0.747. The van der Waals surface area contributed by atoms with Crippen LogP contribution in [0.5, 0.6) is 0 Å². The van der Waals surface area contributed by atoms with Crippen molar-refractivity contribution < 1.29 is 9.90 Å². The largest absolute Gasteiger partial charge is 0.480 e. The van der Waals surface area contributed by atoms with Crippen LogP contribution in [-0.2, 0) is 11.2 Å². The summed E-state index contributed by atoms with van der Waals surface area (Å²) in [6.45, 7) is 3.23. The molecule has 2 aromatic rings. The Morgan fingerprint density at radius 2 is 1.75 bits per heavy atom. The summed E-state index contributed by atoms with van der Waals surface area (Å²) in [5.41, 5.74) is 2.25. The number of carbonyl (C=O) groups is 1. The van der Waals surface area contributed by atoms with Gasteiger partial charge in [0.1, 0.15) is 6.04 Å². The third kappa shape index (κ3) is 4.16. The predicted molar refractivity (Wildman–Crippen MR) is 99.5 cm³/mol. The van der Waals surface area contributed by atoms with Crippen molar-refractivity contribution >= 4 is 27.6 Å². The van der Waals surface area contributed by atoms with Crippen molar-refractivity contribution in [3.8, 4) is 0 Å².